The highest BCUT2D eigenvalue weighted by molar-refractivity contribution is 5.43. The van der Waals surface area contributed by atoms with E-state index in [1.54, 1.807) is 14.2 Å². The second kappa shape index (κ2) is 7.69. The summed E-state index contributed by atoms with van der Waals surface area (Å²) in [5.74, 6) is 2.41. The van der Waals surface area contributed by atoms with Crippen LogP contribution in [0.4, 0.5) is 0 Å². The summed E-state index contributed by atoms with van der Waals surface area (Å²) in [5, 5.41) is 3.81. The van der Waals surface area contributed by atoms with E-state index in [9.17, 15) is 0 Å². The van der Waals surface area contributed by atoms with Crippen LogP contribution in [0, 0.1) is 5.92 Å². The Morgan fingerprint density at radius 2 is 1.86 bits per heavy atom. The van der Waals surface area contributed by atoms with Crippen LogP contribution in [-0.2, 0) is 6.42 Å². The van der Waals surface area contributed by atoms with Crippen LogP contribution in [0.2, 0.25) is 0 Å². The van der Waals surface area contributed by atoms with Gasteiger partial charge in [0, 0.05) is 12.1 Å². The maximum atomic E-state index is 5.38. The van der Waals surface area contributed by atoms with Crippen molar-refractivity contribution in [2.45, 2.75) is 58.0 Å². The van der Waals surface area contributed by atoms with Crippen molar-refractivity contribution in [3.05, 3.63) is 23.8 Å². The topological polar surface area (TPSA) is 30.5 Å². The maximum absolute atomic E-state index is 5.38. The summed E-state index contributed by atoms with van der Waals surface area (Å²) in [7, 11) is 3.36. The van der Waals surface area contributed by atoms with Crippen LogP contribution in [0.3, 0.4) is 0 Å². The Kier molecular flexibility index (Phi) is 5.92. The van der Waals surface area contributed by atoms with Gasteiger partial charge in [-0.05, 0) is 49.8 Å². The van der Waals surface area contributed by atoms with Gasteiger partial charge in [-0.2, -0.15) is 0 Å². The number of methoxy groups -OCH3 is 2. The van der Waals surface area contributed by atoms with Crippen LogP contribution < -0.4 is 14.8 Å². The van der Waals surface area contributed by atoms with E-state index in [2.05, 4.69) is 31.3 Å². The van der Waals surface area contributed by atoms with E-state index in [-0.39, 0.29) is 0 Å². The molecule has 0 heterocycles. The molecular formula is C18H29NO2. The molecule has 3 atom stereocenters. The second-order valence-electron chi connectivity index (χ2n) is 6.33. The highest BCUT2D eigenvalue weighted by atomic mass is 16.5. The fourth-order valence-corrected chi connectivity index (χ4v) is 3.35. The number of nitrogens with one attached hydrogen (secondary N) is 1. The molecule has 2 rings (SSSR count). The van der Waals surface area contributed by atoms with Crippen molar-refractivity contribution >= 4 is 0 Å². The molecule has 0 aromatic heterocycles. The lowest BCUT2D eigenvalue weighted by molar-refractivity contribution is 0.262. The van der Waals surface area contributed by atoms with E-state index in [4.69, 9.17) is 9.47 Å². The summed E-state index contributed by atoms with van der Waals surface area (Å²) < 4.78 is 10.7. The molecule has 0 bridgehead atoms. The Labute approximate surface area is 129 Å². The third kappa shape index (κ3) is 4.37. The summed E-state index contributed by atoms with van der Waals surface area (Å²) >= 11 is 0. The van der Waals surface area contributed by atoms with Gasteiger partial charge in [0.25, 0.3) is 0 Å². The molecule has 118 valence electrons. The van der Waals surface area contributed by atoms with E-state index in [1.807, 2.05) is 6.07 Å². The standard InChI is InChI=1S/C18H29NO2/c1-13-7-5-6-8-16(13)19-14(2)11-15-9-10-17(20-3)18(12-15)21-4/h9-10,12-14,16,19H,5-8,11H2,1-4H3. The minimum atomic E-state index is 0.480. The molecule has 3 heteroatoms. The molecule has 0 radical (unpaired) electrons. The van der Waals surface area contributed by atoms with Crippen LogP contribution in [0.25, 0.3) is 0 Å². The average molecular weight is 291 g/mol. The van der Waals surface area contributed by atoms with E-state index in [0.717, 1.165) is 23.8 Å². The Bertz CT molecular complexity index is 447. The molecule has 0 amide bonds. The predicted molar refractivity (Wildman–Crippen MR) is 87.3 cm³/mol. The van der Waals surface area contributed by atoms with Gasteiger partial charge in [-0.3, -0.25) is 0 Å². The summed E-state index contributed by atoms with van der Waals surface area (Å²) in [6.07, 6.45) is 6.45. The SMILES string of the molecule is COc1ccc(CC(C)NC2CCCCC2C)cc1OC. The summed E-state index contributed by atoms with van der Waals surface area (Å²) in [4.78, 5) is 0. The fourth-order valence-electron chi connectivity index (χ4n) is 3.35. The zero-order chi connectivity index (χ0) is 15.2. The van der Waals surface area contributed by atoms with Crippen LogP contribution in [0.5, 0.6) is 11.5 Å². The molecular weight excluding hydrogens is 262 g/mol. The van der Waals surface area contributed by atoms with Crippen LogP contribution in [0.15, 0.2) is 18.2 Å². The smallest absolute Gasteiger partial charge is 0.160 e. The monoisotopic (exact) mass is 291 g/mol. The van der Waals surface area contributed by atoms with Gasteiger partial charge < -0.3 is 14.8 Å². The second-order valence-corrected chi connectivity index (χ2v) is 6.33. The lowest BCUT2D eigenvalue weighted by Gasteiger charge is -2.32. The third-order valence-electron chi connectivity index (χ3n) is 4.60. The molecule has 0 aliphatic heterocycles. The normalized spacial score (nSPS) is 23.6. The van der Waals surface area contributed by atoms with Crippen molar-refractivity contribution in [3.63, 3.8) is 0 Å². The van der Waals surface area contributed by atoms with E-state index >= 15 is 0 Å². The van der Waals surface area contributed by atoms with Crippen molar-refractivity contribution in [2.75, 3.05) is 14.2 Å². The molecule has 1 saturated carbocycles. The van der Waals surface area contributed by atoms with Gasteiger partial charge in [0.2, 0.25) is 0 Å². The van der Waals surface area contributed by atoms with Crippen LogP contribution >= 0.6 is 0 Å². The van der Waals surface area contributed by atoms with Crippen LogP contribution in [0.1, 0.15) is 45.1 Å². The number of hydrogen-bond acceptors (Lipinski definition) is 3. The lowest BCUT2D eigenvalue weighted by atomic mass is 9.85. The zero-order valence-electron chi connectivity index (χ0n) is 13.8. The molecule has 21 heavy (non-hydrogen) atoms. The van der Waals surface area contributed by atoms with Gasteiger partial charge in [-0.15, -0.1) is 0 Å². The van der Waals surface area contributed by atoms with Crippen molar-refractivity contribution in [1.82, 2.24) is 5.32 Å². The largest absolute Gasteiger partial charge is 0.493 e. The first-order valence-electron chi connectivity index (χ1n) is 8.11. The van der Waals surface area contributed by atoms with Crippen molar-refractivity contribution in [1.29, 1.82) is 0 Å². The molecule has 1 aliphatic rings. The number of ether oxygens (including phenoxy) is 2. The molecule has 1 aromatic rings. The minimum absolute atomic E-state index is 0.480. The van der Waals surface area contributed by atoms with Gasteiger partial charge in [0.1, 0.15) is 0 Å². The first-order chi connectivity index (χ1) is 10.1. The van der Waals surface area contributed by atoms with Gasteiger partial charge in [-0.1, -0.05) is 25.8 Å². The zero-order valence-corrected chi connectivity index (χ0v) is 13.8. The number of hydrogen-bond donors (Lipinski definition) is 1. The van der Waals surface area contributed by atoms with Crippen LogP contribution in [-0.4, -0.2) is 26.3 Å². The van der Waals surface area contributed by atoms with Gasteiger partial charge >= 0.3 is 0 Å². The Balaban J connectivity index is 1.94. The van der Waals surface area contributed by atoms with Gasteiger partial charge in [-0.25, -0.2) is 0 Å². The molecule has 3 nitrogen and oxygen atoms in total. The Morgan fingerprint density at radius 3 is 2.52 bits per heavy atom. The van der Waals surface area contributed by atoms with Crippen molar-refractivity contribution < 1.29 is 9.47 Å². The minimum Gasteiger partial charge on any atom is -0.493 e. The van der Waals surface area contributed by atoms with E-state index in [0.29, 0.717) is 12.1 Å². The number of rotatable bonds is 6. The van der Waals surface area contributed by atoms with Gasteiger partial charge in [0.15, 0.2) is 11.5 Å². The van der Waals surface area contributed by atoms with E-state index in [1.165, 1.54) is 31.2 Å². The average Bonchev–Trinajstić information content (AvgIpc) is 2.49. The summed E-state index contributed by atoms with van der Waals surface area (Å²) in [6, 6.07) is 7.36. The number of benzene rings is 1. The Hall–Kier alpha value is -1.22. The van der Waals surface area contributed by atoms with Gasteiger partial charge in [0.05, 0.1) is 14.2 Å². The first kappa shape index (κ1) is 16.2. The molecule has 1 N–H and O–H groups in total. The predicted octanol–water partition coefficient (Wildman–Crippen LogP) is 3.80. The lowest BCUT2D eigenvalue weighted by Crippen LogP contribution is -2.43. The molecule has 0 spiro atoms. The third-order valence-corrected chi connectivity index (χ3v) is 4.60. The summed E-state index contributed by atoms with van der Waals surface area (Å²) in [6.45, 7) is 4.65. The first-order valence-corrected chi connectivity index (χ1v) is 8.11. The summed E-state index contributed by atoms with van der Waals surface area (Å²) in [5.41, 5.74) is 1.29. The fraction of sp³-hybridized carbons (Fsp3) is 0.667. The molecule has 0 saturated heterocycles. The molecule has 1 aliphatic carbocycles. The Morgan fingerprint density at radius 1 is 1.14 bits per heavy atom. The van der Waals surface area contributed by atoms with Crippen molar-refractivity contribution in [2.24, 2.45) is 5.92 Å². The molecule has 1 fully saturated rings. The quantitative estimate of drug-likeness (QED) is 0.864. The highest BCUT2D eigenvalue weighted by Crippen LogP contribution is 2.28. The molecule has 1 aromatic carbocycles. The maximum Gasteiger partial charge on any atom is 0.160 e. The highest BCUT2D eigenvalue weighted by Gasteiger charge is 2.22. The van der Waals surface area contributed by atoms with Crippen molar-refractivity contribution in [3.8, 4) is 11.5 Å². The molecule has 3 unspecified atom stereocenters. The van der Waals surface area contributed by atoms with E-state index < -0.39 is 0 Å².